The molecule has 0 spiro atoms. The van der Waals surface area contributed by atoms with Gasteiger partial charge < -0.3 is 33.7 Å². The van der Waals surface area contributed by atoms with Crippen LogP contribution in [0.4, 0.5) is 4.79 Å². The van der Waals surface area contributed by atoms with Gasteiger partial charge in [0.05, 0.1) is 23.3 Å². The number of cyclic esters (lactones) is 1. The molecule has 3 fully saturated rings. The van der Waals surface area contributed by atoms with Crippen molar-refractivity contribution in [2.24, 2.45) is 23.7 Å². The van der Waals surface area contributed by atoms with E-state index in [1.54, 1.807) is 40.8 Å². The molecule has 0 saturated carbocycles. The summed E-state index contributed by atoms with van der Waals surface area (Å²) in [5, 5.41) is 13.9. The molecule has 1 amide bonds. The number of carbonyl (C=O) groups excluding carboxylic acids is 4. The molecule has 316 valence electrons. The number of hydrogen-bond acceptors (Lipinski definition) is 13. The summed E-state index contributed by atoms with van der Waals surface area (Å²) in [6.07, 6.45) is -1.07. The number of ketones is 2. The zero-order valence-corrected chi connectivity index (χ0v) is 35.5. The second kappa shape index (κ2) is 18.2. The van der Waals surface area contributed by atoms with Crippen LogP contribution in [0, 0.1) is 23.7 Å². The monoisotopic (exact) mass is 796 g/mol. The van der Waals surface area contributed by atoms with Crippen LogP contribution in [0.1, 0.15) is 86.6 Å². The van der Waals surface area contributed by atoms with Gasteiger partial charge in [0, 0.05) is 49.0 Å². The summed E-state index contributed by atoms with van der Waals surface area (Å²) in [7, 11) is 5.23. The number of likely N-dealkylation sites (N-methyl/N-ethyl adjacent to an activating group) is 1. The number of benzene rings is 1. The Bertz CT molecular complexity index is 1750. The minimum atomic E-state index is -1.45. The first-order valence-corrected chi connectivity index (χ1v) is 20.4. The molecular weight excluding hydrogens is 732 g/mol. The maximum atomic E-state index is 14.7. The zero-order chi connectivity index (χ0) is 42.0. The second-order valence-electron chi connectivity index (χ2n) is 17.1. The Labute approximate surface area is 337 Å². The Morgan fingerprint density at radius 2 is 1.72 bits per heavy atom. The number of aliphatic hydroxyl groups excluding tert-OH is 1. The predicted octanol–water partition coefficient (Wildman–Crippen LogP) is 4.88. The fraction of sp³-hybridized carbons (Fsp3) is 0.698. The third-order valence-corrected chi connectivity index (χ3v) is 12.7. The molecule has 1 aromatic heterocycles. The summed E-state index contributed by atoms with van der Waals surface area (Å²) in [5.74, 6) is -5.08. The van der Waals surface area contributed by atoms with Gasteiger partial charge in [-0.05, 0) is 91.6 Å². The van der Waals surface area contributed by atoms with E-state index in [2.05, 4.69) is 10.4 Å². The van der Waals surface area contributed by atoms with Crippen molar-refractivity contribution in [3.8, 4) is 0 Å². The molecule has 14 nitrogen and oxygen atoms in total. The lowest BCUT2D eigenvalue weighted by Gasteiger charge is -2.47. The minimum absolute atomic E-state index is 0.117. The number of hydrazine groups is 1. The van der Waals surface area contributed by atoms with Crippen LogP contribution in [0.5, 0.6) is 0 Å². The summed E-state index contributed by atoms with van der Waals surface area (Å²) in [6.45, 7) is 14.3. The number of Topliss-reactive ketones (excluding diaryl/α,β-unsaturated/α-hetero) is 2. The van der Waals surface area contributed by atoms with E-state index in [0.717, 1.165) is 16.5 Å². The lowest BCUT2D eigenvalue weighted by atomic mass is 9.73. The molecule has 14 heteroatoms. The first-order chi connectivity index (χ1) is 26.9. The zero-order valence-electron chi connectivity index (χ0n) is 35.5. The average Bonchev–Trinajstić information content (AvgIpc) is 3.45. The summed E-state index contributed by atoms with van der Waals surface area (Å²) >= 11 is 0. The fourth-order valence-electron chi connectivity index (χ4n) is 9.38. The van der Waals surface area contributed by atoms with E-state index < -0.39 is 83.4 Å². The molecule has 0 radical (unpaired) electrons. The van der Waals surface area contributed by atoms with E-state index in [1.807, 2.05) is 63.2 Å². The van der Waals surface area contributed by atoms with Gasteiger partial charge in [-0.2, -0.15) is 0 Å². The fourth-order valence-corrected chi connectivity index (χ4v) is 9.38. The van der Waals surface area contributed by atoms with Gasteiger partial charge >= 0.3 is 12.1 Å². The van der Waals surface area contributed by atoms with Crippen molar-refractivity contribution < 1.29 is 48.0 Å². The van der Waals surface area contributed by atoms with Crippen molar-refractivity contribution in [1.29, 1.82) is 0 Å². The number of esters is 1. The second-order valence-corrected chi connectivity index (χ2v) is 17.1. The van der Waals surface area contributed by atoms with Gasteiger partial charge in [-0.15, -0.1) is 0 Å². The van der Waals surface area contributed by atoms with Crippen molar-refractivity contribution in [3.63, 3.8) is 0 Å². The number of para-hydroxylation sites is 1. The highest BCUT2D eigenvalue weighted by Crippen LogP contribution is 2.42. The van der Waals surface area contributed by atoms with E-state index in [0.29, 0.717) is 25.8 Å². The lowest BCUT2D eigenvalue weighted by Crippen LogP contribution is -2.61. The molecule has 0 aliphatic carbocycles. The maximum absolute atomic E-state index is 14.7. The van der Waals surface area contributed by atoms with E-state index in [9.17, 15) is 24.3 Å². The molecule has 3 aliphatic heterocycles. The van der Waals surface area contributed by atoms with Crippen molar-refractivity contribution in [1.82, 2.24) is 20.3 Å². The number of methoxy groups -OCH3 is 1. The summed E-state index contributed by atoms with van der Waals surface area (Å²) in [5.41, 5.74) is 2.57. The van der Waals surface area contributed by atoms with Crippen LogP contribution < -0.4 is 5.43 Å². The van der Waals surface area contributed by atoms with Crippen LogP contribution in [0.15, 0.2) is 36.5 Å². The van der Waals surface area contributed by atoms with Crippen molar-refractivity contribution in [2.75, 3.05) is 27.7 Å². The standard InChI is InChI=1S/C43H64N4O10/c1-12-33-43(8)37(47(41(52)57-43)45-20-15-16-29-19-21-44-31-18-14-13-17-30(29)31)26(4)34(48)24(2)23-42(7,53-11)38(27(5)35(49)28(6)39(51)55-33)56-40-36(50)32(46(9)10)22-25(3)54-40/h13-14,17-19,21,24-28,32-33,36-38,40,45,50H,12,15-16,20,22-23H2,1-11H3/t24-,25-,26+,27+,28-,32+,33-,36-,37-,38-,40+,42-,43-/m1/s1. The number of aryl methyl sites for hydroxylation is 1. The summed E-state index contributed by atoms with van der Waals surface area (Å²) in [4.78, 5) is 63.1. The first kappa shape index (κ1) is 44.6. The molecule has 2 N–H and O–H groups in total. The number of amides is 1. The van der Waals surface area contributed by atoms with Crippen molar-refractivity contribution >= 4 is 34.5 Å². The van der Waals surface area contributed by atoms with Gasteiger partial charge in [0.25, 0.3) is 0 Å². The van der Waals surface area contributed by atoms with Gasteiger partial charge in [-0.25, -0.2) is 15.2 Å². The molecule has 0 unspecified atom stereocenters. The smallest absolute Gasteiger partial charge is 0.425 e. The highest BCUT2D eigenvalue weighted by atomic mass is 16.7. The van der Waals surface area contributed by atoms with Gasteiger partial charge in [0.1, 0.15) is 30.0 Å². The number of pyridine rings is 1. The van der Waals surface area contributed by atoms with Crippen LogP contribution in [0.3, 0.4) is 0 Å². The first-order valence-electron chi connectivity index (χ1n) is 20.4. The molecule has 5 rings (SSSR count). The van der Waals surface area contributed by atoms with E-state index in [-0.39, 0.29) is 30.8 Å². The molecule has 0 bridgehead atoms. The lowest BCUT2D eigenvalue weighted by molar-refractivity contribution is -0.295. The molecule has 4 heterocycles. The molecule has 3 aliphatic rings. The van der Waals surface area contributed by atoms with Crippen LogP contribution in [0.25, 0.3) is 10.9 Å². The van der Waals surface area contributed by atoms with E-state index in [1.165, 1.54) is 19.0 Å². The van der Waals surface area contributed by atoms with Gasteiger partial charge in [-0.3, -0.25) is 19.4 Å². The highest BCUT2D eigenvalue weighted by molar-refractivity contribution is 6.00. The molecule has 13 atom stereocenters. The largest absolute Gasteiger partial charge is 0.458 e. The van der Waals surface area contributed by atoms with Gasteiger partial charge in [0.15, 0.2) is 17.7 Å². The number of aromatic nitrogens is 1. The number of hydrogen-bond donors (Lipinski definition) is 2. The SMILES string of the molecule is CC[C@H]1OC(=O)[C@H](C)C(=O)[C@H](C)[C@@H](O[C@@H]2O[C@H](C)C[C@H](N(C)C)[C@H]2O)[C@](C)(OC)C[C@@H](C)C(=O)[C@H](C)[C@H]2N(NCCCc3ccnc4ccccc34)C(=O)O[C@]12C. The number of carbonyl (C=O) groups is 4. The predicted molar refractivity (Wildman–Crippen MR) is 213 cm³/mol. The Balaban J connectivity index is 1.47. The topological polar surface area (TPSA) is 166 Å². The summed E-state index contributed by atoms with van der Waals surface area (Å²) < 4.78 is 31.1. The van der Waals surface area contributed by atoms with E-state index in [4.69, 9.17) is 23.7 Å². The Morgan fingerprint density at radius 3 is 2.39 bits per heavy atom. The number of nitrogens with one attached hydrogen (secondary N) is 1. The van der Waals surface area contributed by atoms with Crippen molar-refractivity contribution in [3.05, 3.63) is 42.1 Å². The maximum Gasteiger partial charge on any atom is 0.425 e. The number of fused-ring (bicyclic) bond motifs is 2. The Hall–Kier alpha value is -3.53. The van der Waals surface area contributed by atoms with Gasteiger partial charge in [0.2, 0.25) is 0 Å². The number of aliphatic hydroxyl groups is 1. The third-order valence-electron chi connectivity index (χ3n) is 12.7. The molecule has 57 heavy (non-hydrogen) atoms. The number of nitrogens with zero attached hydrogens (tertiary/aromatic N) is 3. The van der Waals surface area contributed by atoms with Crippen LogP contribution >= 0.6 is 0 Å². The quantitative estimate of drug-likeness (QED) is 0.190. The minimum Gasteiger partial charge on any atom is -0.458 e. The van der Waals surface area contributed by atoms with Crippen molar-refractivity contribution in [2.45, 2.75) is 141 Å². The highest BCUT2D eigenvalue weighted by Gasteiger charge is 2.61. The number of ether oxygens (including phenoxy) is 5. The third kappa shape index (κ3) is 9.06. The van der Waals surface area contributed by atoms with Gasteiger partial charge in [-0.1, -0.05) is 45.9 Å². The van der Waals surface area contributed by atoms with Crippen LogP contribution in [-0.2, 0) is 44.5 Å². The Morgan fingerprint density at radius 1 is 1.02 bits per heavy atom. The molecule has 1 aromatic carbocycles. The molecule has 2 aromatic rings. The normalized spacial score (nSPS) is 37.2. The molecule has 3 saturated heterocycles. The summed E-state index contributed by atoms with van der Waals surface area (Å²) in [6, 6.07) is 8.76. The molecular formula is C43H64N4O10. The average molecular weight is 797 g/mol. The number of rotatable bonds is 10. The van der Waals surface area contributed by atoms with Crippen LogP contribution in [-0.4, -0.2) is 125 Å². The van der Waals surface area contributed by atoms with Crippen LogP contribution in [0.2, 0.25) is 0 Å². The Kier molecular flexibility index (Phi) is 14.2. The van der Waals surface area contributed by atoms with E-state index >= 15 is 0 Å².